The van der Waals surface area contributed by atoms with Crippen LogP contribution in [0.4, 0.5) is 0 Å². The number of fused-ring (bicyclic) bond motifs is 1. The monoisotopic (exact) mass is 275 g/mol. The smallest absolute Gasteiger partial charge is 0.130 e. The third-order valence-corrected chi connectivity index (χ3v) is 3.64. The highest BCUT2D eigenvalue weighted by Gasteiger charge is 2.05. The van der Waals surface area contributed by atoms with Gasteiger partial charge < -0.3 is 4.79 Å². The summed E-state index contributed by atoms with van der Waals surface area (Å²) in [7, 11) is 0. The molecule has 0 bridgehead atoms. The first-order valence-corrected chi connectivity index (χ1v) is 7.16. The van der Waals surface area contributed by atoms with Gasteiger partial charge in [0.15, 0.2) is 0 Å². The normalized spacial score (nSPS) is 10.7. The van der Waals surface area contributed by atoms with Gasteiger partial charge in [0, 0.05) is 23.6 Å². The summed E-state index contributed by atoms with van der Waals surface area (Å²) in [5.41, 5.74) is 4.50. The zero-order valence-corrected chi connectivity index (χ0v) is 12.0. The fraction of sp³-hybridized carbons (Fsp3) is 0.158. The molecular formula is C19H17NO. The van der Waals surface area contributed by atoms with E-state index >= 15 is 0 Å². The Morgan fingerprint density at radius 2 is 1.86 bits per heavy atom. The third-order valence-electron chi connectivity index (χ3n) is 3.64. The molecule has 2 nitrogen and oxygen atoms in total. The van der Waals surface area contributed by atoms with E-state index in [1.54, 1.807) is 6.92 Å². The number of carbonyl (C=O) groups excluding carboxylic acids is 1. The van der Waals surface area contributed by atoms with Gasteiger partial charge in [0.1, 0.15) is 5.78 Å². The minimum Gasteiger partial charge on any atom is -0.300 e. The number of aryl methyl sites for hydroxylation is 1. The molecule has 0 aliphatic rings. The molecule has 0 radical (unpaired) electrons. The molecule has 3 rings (SSSR count). The number of hydrogen-bond donors (Lipinski definition) is 0. The molecule has 0 unspecified atom stereocenters. The molecule has 0 spiro atoms. The van der Waals surface area contributed by atoms with Gasteiger partial charge in [0.05, 0.1) is 5.52 Å². The molecule has 1 heterocycles. The van der Waals surface area contributed by atoms with Crippen molar-refractivity contribution in [2.24, 2.45) is 0 Å². The Bertz CT molecular complexity index is 787. The van der Waals surface area contributed by atoms with E-state index in [-0.39, 0.29) is 5.78 Å². The number of para-hydroxylation sites is 1. The number of pyridine rings is 1. The Hall–Kier alpha value is -2.48. The van der Waals surface area contributed by atoms with Crippen LogP contribution in [-0.2, 0) is 11.2 Å². The standard InChI is InChI=1S/C19H17NO/c1-14(21)10-11-15-5-2-7-17(13-15)18-9-3-6-16-8-4-12-20-19(16)18/h2-9,12-13H,10-11H2,1H3. The number of carbonyl (C=O) groups is 1. The lowest BCUT2D eigenvalue weighted by Gasteiger charge is -2.08. The van der Waals surface area contributed by atoms with Crippen LogP contribution in [0.15, 0.2) is 60.8 Å². The predicted octanol–water partition coefficient (Wildman–Crippen LogP) is 4.42. The summed E-state index contributed by atoms with van der Waals surface area (Å²) >= 11 is 0. The van der Waals surface area contributed by atoms with Crippen molar-refractivity contribution in [2.75, 3.05) is 0 Å². The van der Waals surface area contributed by atoms with Crippen LogP contribution in [0.2, 0.25) is 0 Å². The van der Waals surface area contributed by atoms with Crippen molar-refractivity contribution < 1.29 is 4.79 Å². The van der Waals surface area contributed by atoms with Crippen LogP contribution in [0.1, 0.15) is 18.9 Å². The van der Waals surface area contributed by atoms with Crippen LogP contribution < -0.4 is 0 Å². The molecule has 0 fully saturated rings. The third kappa shape index (κ3) is 3.00. The summed E-state index contributed by atoms with van der Waals surface area (Å²) in [6.45, 7) is 1.64. The van der Waals surface area contributed by atoms with Crippen LogP contribution in [0.3, 0.4) is 0 Å². The second-order valence-corrected chi connectivity index (χ2v) is 5.28. The van der Waals surface area contributed by atoms with Crippen molar-refractivity contribution in [3.05, 3.63) is 66.4 Å². The SMILES string of the molecule is CC(=O)CCc1cccc(-c2cccc3cccnc23)c1. The number of hydrogen-bond acceptors (Lipinski definition) is 2. The Morgan fingerprint density at radius 3 is 2.71 bits per heavy atom. The number of aromatic nitrogens is 1. The molecule has 0 atom stereocenters. The number of Topliss-reactive ketones (excluding diaryl/α,β-unsaturated/α-hetero) is 1. The van der Waals surface area contributed by atoms with Crippen LogP contribution in [-0.4, -0.2) is 10.8 Å². The van der Waals surface area contributed by atoms with Gasteiger partial charge in [-0.3, -0.25) is 4.98 Å². The highest BCUT2D eigenvalue weighted by atomic mass is 16.1. The minimum atomic E-state index is 0.229. The van der Waals surface area contributed by atoms with Crippen molar-refractivity contribution in [3.63, 3.8) is 0 Å². The maximum atomic E-state index is 11.1. The lowest BCUT2D eigenvalue weighted by atomic mass is 9.98. The van der Waals surface area contributed by atoms with Crippen molar-refractivity contribution in [2.45, 2.75) is 19.8 Å². The van der Waals surface area contributed by atoms with E-state index in [0.717, 1.165) is 28.5 Å². The van der Waals surface area contributed by atoms with E-state index < -0.39 is 0 Å². The second-order valence-electron chi connectivity index (χ2n) is 5.28. The molecule has 0 aliphatic heterocycles. The maximum Gasteiger partial charge on any atom is 0.130 e. The molecule has 2 heteroatoms. The van der Waals surface area contributed by atoms with Gasteiger partial charge in [-0.25, -0.2) is 0 Å². The highest BCUT2D eigenvalue weighted by Crippen LogP contribution is 2.27. The zero-order chi connectivity index (χ0) is 14.7. The van der Waals surface area contributed by atoms with E-state index in [9.17, 15) is 4.79 Å². The van der Waals surface area contributed by atoms with Crippen molar-refractivity contribution in [1.29, 1.82) is 0 Å². The lowest BCUT2D eigenvalue weighted by Crippen LogP contribution is -1.94. The van der Waals surface area contributed by atoms with E-state index in [1.807, 2.05) is 18.3 Å². The van der Waals surface area contributed by atoms with Crippen LogP contribution in [0.25, 0.3) is 22.0 Å². The molecule has 0 saturated heterocycles. The van der Waals surface area contributed by atoms with Gasteiger partial charge in [-0.05, 0) is 30.5 Å². The average Bonchev–Trinajstić information content (AvgIpc) is 2.52. The van der Waals surface area contributed by atoms with Crippen LogP contribution in [0.5, 0.6) is 0 Å². The molecule has 2 aromatic carbocycles. The molecule has 104 valence electrons. The summed E-state index contributed by atoms with van der Waals surface area (Å²) in [6, 6.07) is 18.6. The zero-order valence-electron chi connectivity index (χ0n) is 12.0. The van der Waals surface area contributed by atoms with E-state index in [1.165, 1.54) is 5.56 Å². The first-order valence-electron chi connectivity index (χ1n) is 7.16. The average molecular weight is 275 g/mol. The van der Waals surface area contributed by atoms with Crippen LogP contribution >= 0.6 is 0 Å². The fourth-order valence-electron chi connectivity index (χ4n) is 2.55. The summed E-state index contributed by atoms with van der Waals surface area (Å²) in [4.78, 5) is 15.6. The molecule has 21 heavy (non-hydrogen) atoms. The number of benzene rings is 2. The summed E-state index contributed by atoms with van der Waals surface area (Å²) in [6.07, 6.45) is 3.21. The van der Waals surface area contributed by atoms with E-state index in [4.69, 9.17) is 0 Å². The maximum absolute atomic E-state index is 11.1. The first-order chi connectivity index (χ1) is 10.2. The molecule has 3 aromatic rings. The molecule has 1 aromatic heterocycles. The van der Waals surface area contributed by atoms with Crippen molar-refractivity contribution in [1.82, 2.24) is 4.98 Å². The molecule has 0 N–H and O–H groups in total. The van der Waals surface area contributed by atoms with Gasteiger partial charge in [0.25, 0.3) is 0 Å². The predicted molar refractivity (Wildman–Crippen MR) is 86.2 cm³/mol. The molecule has 0 saturated carbocycles. The van der Waals surface area contributed by atoms with Gasteiger partial charge in [-0.2, -0.15) is 0 Å². The molecular weight excluding hydrogens is 258 g/mol. The fourth-order valence-corrected chi connectivity index (χ4v) is 2.55. The Balaban J connectivity index is 2.02. The summed E-state index contributed by atoms with van der Waals surface area (Å²) in [5.74, 6) is 0.229. The topological polar surface area (TPSA) is 30.0 Å². The van der Waals surface area contributed by atoms with Crippen molar-refractivity contribution in [3.8, 4) is 11.1 Å². The van der Waals surface area contributed by atoms with E-state index in [0.29, 0.717) is 6.42 Å². The number of rotatable bonds is 4. The quantitative estimate of drug-likeness (QED) is 0.705. The van der Waals surface area contributed by atoms with Gasteiger partial charge >= 0.3 is 0 Å². The van der Waals surface area contributed by atoms with Gasteiger partial charge in [-0.1, -0.05) is 48.5 Å². The van der Waals surface area contributed by atoms with Crippen LogP contribution in [0, 0.1) is 0 Å². The van der Waals surface area contributed by atoms with Gasteiger partial charge in [0.2, 0.25) is 0 Å². The number of ketones is 1. The summed E-state index contributed by atoms with van der Waals surface area (Å²) in [5, 5.41) is 1.14. The first kappa shape index (κ1) is 13.5. The summed E-state index contributed by atoms with van der Waals surface area (Å²) < 4.78 is 0. The van der Waals surface area contributed by atoms with Gasteiger partial charge in [-0.15, -0.1) is 0 Å². The van der Waals surface area contributed by atoms with E-state index in [2.05, 4.69) is 47.4 Å². The lowest BCUT2D eigenvalue weighted by molar-refractivity contribution is -0.116. The second kappa shape index (κ2) is 5.88. The van der Waals surface area contributed by atoms with Crippen molar-refractivity contribution >= 4 is 16.7 Å². The Labute approximate surface area is 124 Å². The molecule has 0 aliphatic carbocycles. The molecule has 0 amide bonds. The minimum absolute atomic E-state index is 0.229. The Kier molecular flexibility index (Phi) is 3.78. The number of nitrogens with zero attached hydrogens (tertiary/aromatic N) is 1. The Morgan fingerprint density at radius 1 is 1.05 bits per heavy atom. The largest absolute Gasteiger partial charge is 0.300 e. The highest BCUT2D eigenvalue weighted by molar-refractivity contribution is 5.93.